The van der Waals surface area contributed by atoms with Crippen molar-refractivity contribution in [2.45, 2.75) is 12.5 Å². The summed E-state index contributed by atoms with van der Waals surface area (Å²) in [4.78, 5) is 21.5. The van der Waals surface area contributed by atoms with E-state index in [1.165, 1.54) is 11.3 Å². The quantitative estimate of drug-likeness (QED) is 0.695. The van der Waals surface area contributed by atoms with E-state index in [-0.39, 0.29) is 6.42 Å². The van der Waals surface area contributed by atoms with Crippen molar-refractivity contribution in [3.63, 3.8) is 0 Å². The van der Waals surface area contributed by atoms with Gasteiger partial charge in [-0.2, -0.15) is 0 Å². The Labute approximate surface area is 79.2 Å². The average Bonchev–Trinajstić information content (AvgIpc) is 2.54. The Kier molecular flexibility index (Phi) is 3.45. The van der Waals surface area contributed by atoms with Gasteiger partial charge in [0.25, 0.3) is 0 Å². The summed E-state index contributed by atoms with van der Waals surface area (Å²) in [5.41, 5.74) is 0. The summed E-state index contributed by atoms with van der Waals surface area (Å²) >= 11 is 1.43. The monoisotopic (exact) mass is 199 g/mol. The molecular formula is C8H9NO3S. The number of carbonyl (C=O) groups excluding carboxylic acids is 1. The number of carbonyl (C=O) groups is 2. The van der Waals surface area contributed by atoms with Gasteiger partial charge in [0.1, 0.15) is 0 Å². The van der Waals surface area contributed by atoms with Crippen LogP contribution in [0.15, 0.2) is 17.5 Å². The molecule has 1 amide bonds. The van der Waals surface area contributed by atoms with Crippen LogP contribution >= 0.6 is 11.3 Å². The predicted molar refractivity (Wildman–Crippen MR) is 48.5 cm³/mol. The highest BCUT2D eigenvalue weighted by molar-refractivity contribution is 7.10. The maximum absolute atomic E-state index is 10.4. The van der Waals surface area contributed by atoms with E-state index < -0.39 is 12.0 Å². The minimum atomic E-state index is -0.923. The van der Waals surface area contributed by atoms with Gasteiger partial charge in [0.15, 0.2) is 0 Å². The van der Waals surface area contributed by atoms with E-state index in [9.17, 15) is 9.59 Å². The number of rotatable bonds is 5. The minimum absolute atomic E-state index is 0.0841. The van der Waals surface area contributed by atoms with Gasteiger partial charge < -0.3 is 10.4 Å². The van der Waals surface area contributed by atoms with Gasteiger partial charge in [-0.1, -0.05) is 6.07 Å². The first-order valence-electron chi connectivity index (χ1n) is 3.69. The molecule has 1 atom stereocenters. The second kappa shape index (κ2) is 4.61. The van der Waals surface area contributed by atoms with Crippen LogP contribution in [-0.4, -0.2) is 17.5 Å². The summed E-state index contributed by atoms with van der Waals surface area (Å²) in [6, 6.07) is 3.21. The van der Waals surface area contributed by atoms with Crippen LogP contribution in [0.1, 0.15) is 17.3 Å². The Balaban J connectivity index is 2.67. The first-order valence-corrected chi connectivity index (χ1v) is 4.57. The number of nitrogens with one attached hydrogen (secondary N) is 1. The molecule has 4 nitrogen and oxygen atoms in total. The second-order valence-corrected chi connectivity index (χ2v) is 3.43. The van der Waals surface area contributed by atoms with Crippen molar-refractivity contribution < 1.29 is 14.7 Å². The first kappa shape index (κ1) is 9.73. The molecule has 0 aliphatic carbocycles. The standard InChI is InChI=1S/C8H9NO3S/c10-5-9-6(4-8(11)12)7-2-1-3-13-7/h1-3,5-6H,4H2,(H,9,10)(H,11,12). The van der Waals surface area contributed by atoms with Crippen molar-refractivity contribution in [2.24, 2.45) is 0 Å². The highest BCUT2D eigenvalue weighted by Gasteiger charge is 2.14. The van der Waals surface area contributed by atoms with Crippen molar-refractivity contribution in [2.75, 3.05) is 0 Å². The molecule has 1 aromatic heterocycles. The van der Waals surface area contributed by atoms with Crippen LogP contribution in [0.2, 0.25) is 0 Å². The lowest BCUT2D eigenvalue weighted by Crippen LogP contribution is -2.21. The van der Waals surface area contributed by atoms with E-state index in [4.69, 9.17) is 5.11 Å². The number of thiophene rings is 1. The molecule has 0 saturated carbocycles. The second-order valence-electron chi connectivity index (χ2n) is 2.45. The van der Waals surface area contributed by atoms with Gasteiger partial charge in [-0.15, -0.1) is 11.3 Å². The summed E-state index contributed by atoms with van der Waals surface area (Å²) in [7, 11) is 0. The van der Waals surface area contributed by atoms with Gasteiger partial charge in [-0.05, 0) is 11.4 Å². The Morgan fingerprint density at radius 3 is 3.00 bits per heavy atom. The third-order valence-electron chi connectivity index (χ3n) is 1.53. The molecule has 0 fully saturated rings. The smallest absolute Gasteiger partial charge is 0.305 e. The molecule has 0 aromatic carbocycles. The van der Waals surface area contributed by atoms with E-state index in [0.717, 1.165) is 4.88 Å². The average molecular weight is 199 g/mol. The number of hydrogen-bond donors (Lipinski definition) is 2. The van der Waals surface area contributed by atoms with Crippen LogP contribution < -0.4 is 5.32 Å². The van der Waals surface area contributed by atoms with Crippen LogP contribution in [0, 0.1) is 0 Å². The molecule has 1 heterocycles. The molecule has 1 unspecified atom stereocenters. The number of carboxylic acids is 1. The number of carboxylic acid groups (broad SMARTS) is 1. The largest absolute Gasteiger partial charge is 0.481 e. The molecule has 0 aliphatic heterocycles. The fourth-order valence-electron chi connectivity index (χ4n) is 0.988. The Bertz CT molecular complexity index is 284. The summed E-state index contributed by atoms with van der Waals surface area (Å²) in [5.74, 6) is -0.923. The molecule has 2 N–H and O–H groups in total. The van der Waals surface area contributed by atoms with Gasteiger partial charge in [0.05, 0.1) is 12.5 Å². The third-order valence-corrected chi connectivity index (χ3v) is 2.52. The van der Waals surface area contributed by atoms with Crippen molar-refractivity contribution in [1.29, 1.82) is 0 Å². The molecule has 5 heteroatoms. The van der Waals surface area contributed by atoms with E-state index >= 15 is 0 Å². The number of hydrogen-bond acceptors (Lipinski definition) is 3. The molecule has 0 bridgehead atoms. The van der Waals surface area contributed by atoms with Crippen molar-refractivity contribution in [3.05, 3.63) is 22.4 Å². The summed E-state index contributed by atoms with van der Waals surface area (Å²) in [6.07, 6.45) is 0.437. The molecule has 0 aliphatic rings. The van der Waals surface area contributed by atoms with E-state index in [1.807, 2.05) is 11.4 Å². The van der Waals surface area contributed by atoms with E-state index in [0.29, 0.717) is 6.41 Å². The van der Waals surface area contributed by atoms with E-state index in [2.05, 4.69) is 5.32 Å². The van der Waals surface area contributed by atoms with E-state index in [1.54, 1.807) is 6.07 Å². The molecule has 0 saturated heterocycles. The molecule has 0 radical (unpaired) electrons. The molecule has 70 valence electrons. The van der Waals surface area contributed by atoms with Crippen molar-refractivity contribution in [1.82, 2.24) is 5.32 Å². The normalized spacial score (nSPS) is 12.0. The maximum Gasteiger partial charge on any atom is 0.305 e. The molecule has 0 spiro atoms. The van der Waals surface area contributed by atoms with Gasteiger partial charge in [0, 0.05) is 4.88 Å². The van der Waals surface area contributed by atoms with Crippen LogP contribution in [0.25, 0.3) is 0 Å². The van der Waals surface area contributed by atoms with Crippen LogP contribution in [-0.2, 0) is 9.59 Å². The lowest BCUT2D eigenvalue weighted by atomic mass is 10.2. The molecule has 13 heavy (non-hydrogen) atoms. The van der Waals surface area contributed by atoms with Crippen LogP contribution in [0.3, 0.4) is 0 Å². The summed E-state index contributed by atoms with van der Waals surface area (Å²) in [5, 5.41) is 12.9. The Morgan fingerprint density at radius 2 is 2.54 bits per heavy atom. The summed E-state index contributed by atoms with van der Waals surface area (Å²) < 4.78 is 0. The molecule has 1 aromatic rings. The molecule has 1 rings (SSSR count). The Morgan fingerprint density at radius 1 is 1.77 bits per heavy atom. The highest BCUT2D eigenvalue weighted by atomic mass is 32.1. The Hall–Kier alpha value is -1.36. The lowest BCUT2D eigenvalue weighted by Gasteiger charge is -2.10. The van der Waals surface area contributed by atoms with Crippen LogP contribution in [0.5, 0.6) is 0 Å². The predicted octanol–water partition coefficient (Wildman–Crippen LogP) is 1.01. The zero-order valence-corrected chi connectivity index (χ0v) is 7.58. The first-order chi connectivity index (χ1) is 6.24. The lowest BCUT2D eigenvalue weighted by molar-refractivity contribution is -0.137. The summed E-state index contributed by atoms with van der Waals surface area (Å²) in [6.45, 7) is 0. The number of aliphatic carboxylic acids is 1. The van der Waals surface area contributed by atoms with Crippen LogP contribution in [0.4, 0.5) is 0 Å². The topological polar surface area (TPSA) is 66.4 Å². The van der Waals surface area contributed by atoms with Gasteiger partial charge in [0.2, 0.25) is 6.41 Å². The number of amides is 1. The van der Waals surface area contributed by atoms with Gasteiger partial charge in [-0.3, -0.25) is 9.59 Å². The zero-order valence-electron chi connectivity index (χ0n) is 6.77. The van der Waals surface area contributed by atoms with Crippen molar-refractivity contribution >= 4 is 23.7 Å². The van der Waals surface area contributed by atoms with Gasteiger partial charge in [-0.25, -0.2) is 0 Å². The minimum Gasteiger partial charge on any atom is -0.481 e. The fraction of sp³-hybridized carbons (Fsp3) is 0.250. The third kappa shape index (κ3) is 2.87. The maximum atomic E-state index is 10.4. The molecular weight excluding hydrogens is 190 g/mol. The fourth-order valence-corrected chi connectivity index (χ4v) is 1.77. The zero-order chi connectivity index (χ0) is 9.68. The SMILES string of the molecule is O=CNC(CC(=O)O)c1cccs1. The van der Waals surface area contributed by atoms with Crippen molar-refractivity contribution in [3.8, 4) is 0 Å². The van der Waals surface area contributed by atoms with Gasteiger partial charge >= 0.3 is 5.97 Å². The highest BCUT2D eigenvalue weighted by Crippen LogP contribution is 2.21.